The number of nitrogens with zero attached hydrogens (tertiary/aromatic N) is 1. The molecule has 7 nitrogen and oxygen atoms in total. The van der Waals surface area contributed by atoms with Crippen LogP contribution in [0.25, 0.3) is 0 Å². The highest BCUT2D eigenvalue weighted by Gasteiger charge is 2.09. The van der Waals surface area contributed by atoms with Gasteiger partial charge in [-0.05, 0) is 37.6 Å². The fourth-order valence-corrected chi connectivity index (χ4v) is 2.90. The van der Waals surface area contributed by atoms with Gasteiger partial charge in [-0.15, -0.1) is 11.3 Å². The van der Waals surface area contributed by atoms with Gasteiger partial charge in [0.15, 0.2) is 11.5 Å². The van der Waals surface area contributed by atoms with E-state index in [4.69, 9.17) is 9.84 Å². The quantitative estimate of drug-likeness (QED) is 0.488. The first kappa shape index (κ1) is 19.6. The second-order valence-electron chi connectivity index (χ2n) is 5.56. The number of nitrogens with one attached hydrogen (secondary N) is 1. The summed E-state index contributed by atoms with van der Waals surface area (Å²) in [6, 6.07) is 6.88. The van der Waals surface area contributed by atoms with Gasteiger partial charge in [0.2, 0.25) is 5.91 Å². The zero-order valence-corrected chi connectivity index (χ0v) is 15.2. The monoisotopic (exact) mass is 376 g/mol. The Hall–Kier alpha value is -2.74. The lowest BCUT2D eigenvalue weighted by Gasteiger charge is -2.07. The van der Waals surface area contributed by atoms with E-state index in [2.05, 4.69) is 10.3 Å². The number of aromatic carboxylic acids is 1. The smallest absolute Gasteiger partial charge is 0.355 e. The number of benzene rings is 1. The molecule has 138 valence electrons. The van der Waals surface area contributed by atoms with Crippen LogP contribution in [-0.4, -0.2) is 40.9 Å². The Kier molecular flexibility index (Phi) is 7.28. The number of ketones is 1. The van der Waals surface area contributed by atoms with Crippen LogP contribution >= 0.6 is 11.3 Å². The summed E-state index contributed by atoms with van der Waals surface area (Å²) in [4.78, 5) is 37.6. The predicted octanol–water partition coefficient (Wildman–Crippen LogP) is 2.56. The van der Waals surface area contributed by atoms with Crippen LogP contribution in [-0.2, 0) is 11.2 Å². The summed E-state index contributed by atoms with van der Waals surface area (Å²) in [6.07, 6.45) is 1.41. The first-order valence-corrected chi connectivity index (χ1v) is 9.02. The number of amides is 1. The molecule has 0 bridgehead atoms. The van der Waals surface area contributed by atoms with Crippen molar-refractivity contribution in [3.63, 3.8) is 0 Å². The summed E-state index contributed by atoms with van der Waals surface area (Å²) in [6.45, 7) is 2.33. The zero-order chi connectivity index (χ0) is 18.9. The van der Waals surface area contributed by atoms with Gasteiger partial charge in [-0.25, -0.2) is 9.78 Å². The van der Waals surface area contributed by atoms with Gasteiger partial charge in [-0.2, -0.15) is 0 Å². The lowest BCUT2D eigenvalue weighted by Crippen LogP contribution is -2.25. The van der Waals surface area contributed by atoms with E-state index in [-0.39, 0.29) is 17.4 Å². The Balaban J connectivity index is 1.59. The normalized spacial score (nSPS) is 10.3. The summed E-state index contributed by atoms with van der Waals surface area (Å²) in [7, 11) is 0. The van der Waals surface area contributed by atoms with Gasteiger partial charge in [-0.3, -0.25) is 9.59 Å². The van der Waals surface area contributed by atoms with Crippen LogP contribution in [0.1, 0.15) is 45.6 Å². The van der Waals surface area contributed by atoms with E-state index in [0.29, 0.717) is 48.7 Å². The minimum atomic E-state index is -1.05. The standard InChI is InChI=1S/C18H20N2O5S/c1-12(21)13-4-6-14(7-5-13)25-10-2-3-16(22)19-9-8-17-20-15(11-26-17)18(23)24/h4-7,11H,2-3,8-10H2,1H3,(H,19,22)(H,23,24). The fourth-order valence-electron chi connectivity index (χ4n) is 2.13. The molecule has 1 aromatic heterocycles. The van der Waals surface area contributed by atoms with Crippen molar-refractivity contribution < 1.29 is 24.2 Å². The summed E-state index contributed by atoms with van der Waals surface area (Å²) in [5.41, 5.74) is 0.664. The Bertz CT molecular complexity index is 770. The highest BCUT2D eigenvalue weighted by Crippen LogP contribution is 2.13. The number of hydrogen-bond donors (Lipinski definition) is 2. The first-order valence-electron chi connectivity index (χ1n) is 8.14. The number of ether oxygens (including phenoxy) is 1. The topological polar surface area (TPSA) is 106 Å². The summed E-state index contributed by atoms with van der Waals surface area (Å²) in [5.74, 6) is -0.471. The lowest BCUT2D eigenvalue weighted by molar-refractivity contribution is -0.121. The third-order valence-electron chi connectivity index (χ3n) is 3.51. The number of carboxylic acid groups (broad SMARTS) is 1. The molecule has 0 radical (unpaired) electrons. The fraction of sp³-hybridized carbons (Fsp3) is 0.333. The van der Waals surface area contributed by atoms with Crippen LogP contribution in [0.4, 0.5) is 0 Å². The van der Waals surface area contributed by atoms with Crippen molar-refractivity contribution in [3.05, 3.63) is 45.9 Å². The molecule has 0 aliphatic carbocycles. The number of hydrogen-bond acceptors (Lipinski definition) is 6. The molecule has 1 aromatic carbocycles. The molecule has 0 saturated carbocycles. The van der Waals surface area contributed by atoms with E-state index in [1.54, 1.807) is 24.3 Å². The van der Waals surface area contributed by atoms with E-state index >= 15 is 0 Å². The van der Waals surface area contributed by atoms with Crippen LogP contribution < -0.4 is 10.1 Å². The third-order valence-corrected chi connectivity index (χ3v) is 4.42. The van der Waals surface area contributed by atoms with Gasteiger partial charge in [0.25, 0.3) is 0 Å². The molecule has 2 aromatic rings. The predicted molar refractivity (Wildman–Crippen MR) is 97.0 cm³/mol. The second kappa shape index (κ2) is 9.67. The van der Waals surface area contributed by atoms with E-state index in [9.17, 15) is 14.4 Å². The van der Waals surface area contributed by atoms with Gasteiger partial charge in [0.05, 0.1) is 11.6 Å². The summed E-state index contributed by atoms with van der Waals surface area (Å²) >= 11 is 1.27. The SMILES string of the molecule is CC(=O)c1ccc(OCCCC(=O)NCCc2nc(C(=O)O)cs2)cc1. The maximum absolute atomic E-state index is 11.8. The molecule has 1 heterocycles. The Morgan fingerprint density at radius 3 is 2.58 bits per heavy atom. The third kappa shape index (κ3) is 6.29. The molecule has 0 spiro atoms. The Morgan fingerprint density at radius 1 is 1.23 bits per heavy atom. The van der Waals surface area contributed by atoms with Crippen LogP contribution in [0.5, 0.6) is 5.75 Å². The van der Waals surface area contributed by atoms with Crippen molar-refractivity contribution in [2.24, 2.45) is 0 Å². The number of carboxylic acids is 1. The van der Waals surface area contributed by atoms with Gasteiger partial charge in [0, 0.05) is 30.3 Å². The van der Waals surface area contributed by atoms with Gasteiger partial charge in [-0.1, -0.05) is 0 Å². The van der Waals surface area contributed by atoms with Crippen molar-refractivity contribution in [1.29, 1.82) is 0 Å². The van der Waals surface area contributed by atoms with Crippen molar-refractivity contribution in [3.8, 4) is 5.75 Å². The molecule has 2 N–H and O–H groups in total. The molecule has 8 heteroatoms. The maximum Gasteiger partial charge on any atom is 0.355 e. The molecule has 0 fully saturated rings. The van der Waals surface area contributed by atoms with E-state index < -0.39 is 5.97 Å². The maximum atomic E-state index is 11.8. The number of carbonyl (C=O) groups excluding carboxylic acids is 2. The molecule has 0 aliphatic heterocycles. The average Bonchev–Trinajstić information content (AvgIpc) is 3.08. The molecular formula is C18H20N2O5S. The van der Waals surface area contributed by atoms with Gasteiger partial charge >= 0.3 is 5.97 Å². The molecule has 1 amide bonds. The van der Waals surface area contributed by atoms with Gasteiger partial charge in [0.1, 0.15) is 5.75 Å². The van der Waals surface area contributed by atoms with Gasteiger partial charge < -0.3 is 15.2 Å². The van der Waals surface area contributed by atoms with E-state index in [1.165, 1.54) is 23.6 Å². The second-order valence-corrected chi connectivity index (χ2v) is 6.51. The molecule has 0 unspecified atom stereocenters. The van der Waals surface area contributed by atoms with Crippen LogP contribution in [0.15, 0.2) is 29.6 Å². The van der Waals surface area contributed by atoms with Crippen LogP contribution in [0.3, 0.4) is 0 Å². The lowest BCUT2D eigenvalue weighted by atomic mass is 10.1. The Morgan fingerprint density at radius 2 is 1.96 bits per heavy atom. The minimum absolute atomic E-state index is 0.00477. The minimum Gasteiger partial charge on any atom is -0.494 e. The van der Waals surface area contributed by atoms with E-state index in [1.807, 2.05) is 0 Å². The molecular weight excluding hydrogens is 356 g/mol. The average molecular weight is 376 g/mol. The number of Topliss-reactive ketones (excluding diaryl/α,β-unsaturated/α-hetero) is 1. The molecule has 0 atom stereocenters. The number of rotatable bonds is 10. The highest BCUT2D eigenvalue weighted by atomic mass is 32.1. The first-order chi connectivity index (χ1) is 12.5. The number of thiazole rings is 1. The number of carbonyl (C=O) groups is 3. The van der Waals surface area contributed by atoms with Crippen molar-refractivity contribution in [1.82, 2.24) is 10.3 Å². The van der Waals surface area contributed by atoms with E-state index in [0.717, 1.165) is 0 Å². The highest BCUT2D eigenvalue weighted by molar-refractivity contribution is 7.09. The van der Waals surface area contributed by atoms with Crippen molar-refractivity contribution >= 4 is 29.0 Å². The number of aromatic nitrogens is 1. The van der Waals surface area contributed by atoms with Crippen LogP contribution in [0, 0.1) is 0 Å². The molecule has 0 saturated heterocycles. The van der Waals surface area contributed by atoms with Crippen molar-refractivity contribution in [2.75, 3.05) is 13.2 Å². The molecule has 2 rings (SSSR count). The molecule has 0 aliphatic rings. The zero-order valence-electron chi connectivity index (χ0n) is 14.4. The Labute approximate surface area is 155 Å². The molecule has 26 heavy (non-hydrogen) atoms. The van der Waals surface area contributed by atoms with Crippen molar-refractivity contribution in [2.45, 2.75) is 26.2 Å². The summed E-state index contributed by atoms with van der Waals surface area (Å²) in [5, 5.41) is 13.7. The van der Waals surface area contributed by atoms with Crippen LogP contribution in [0.2, 0.25) is 0 Å². The largest absolute Gasteiger partial charge is 0.494 e. The summed E-state index contributed by atoms with van der Waals surface area (Å²) < 4.78 is 5.53.